The molecule has 8 heteroatoms. The highest BCUT2D eigenvalue weighted by atomic mass is 32.2. The van der Waals surface area contributed by atoms with Gasteiger partial charge in [-0.15, -0.1) is 11.8 Å². The van der Waals surface area contributed by atoms with Gasteiger partial charge in [-0.1, -0.05) is 0 Å². The molecule has 1 aliphatic rings. The number of thioether (sulfide) groups is 1. The number of anilines is 1. The average Bonchev–Trinajstić information content (AvgIpc) is 2.56. The lowest BCUT2D eigenvalue weighted by Gasteiger charge is -2.19. The fraction of sp³-hybridized carbons (Fsp3) is 0.600. The second-order valence-corrected chi connectivity index (χ2v) is 5.56. The molecule has 1 fully saturated rings. The molecule has 2 rings (SSSR count). The fourth-order valence-corrected chi connectivity index (χ4v) is 3.50. The summed E-state index contributed by atoms with van der Waals surface area (Å²) in [6, 6.07) is 1.52. The Morgan fingerprint density at radius 2 is 2.17 bits per heavy atom. The highest BCUT2D eigenvalue weighted by Gasteiger charge is 2.43. The van der Waals surface area contributed by atoms with Gasteiger partial charge in [0.1, 0.15) is 17.3 Å². The molecule has 0 amide bonds. The molecule has 0 aromatic carbocycles. The van der Waals surface area contributed by atoms with Crippen molar-refractivity contribution < 1.29 is 15.3 Å². The molecule has 0 radical (unpaired) electrons. The molecule has 0 saturated carbocycles. The highest BCUT2D eigenvalue weighted by Crippen LogP contribution is 2.41. The van der Waals surface area contributed by atoms with Crippen LogP contribution in [-0.2, 0) is 0 Å². The maximum absolute atomic E-state index is 11.8. The monoisotopic (exact) mass is 273 g/mol. The molecule has 2 heterocycles. The van der Waals surface area contributed by atoms with Crippen LogP contribution in [-0.4, -0.2) is 48.9 Å². The van der Waals surface area contributed by atoms with Crippen molar-refractivity contribution in [2.24, 2.45) is 0 Å². The SMILES string of the molecule is Cc1cc(N)nc(=O)n1[C@@H]1S[C@@H](CO)[C@@H](O)[C@H]1O. The highest BCUT2D eigenvalue weighted by molar-refractivity contribution is 8.00. The number of rotatable bonds is 2. The van der Waals surface area contributed by atoms with Crippen molar-refractivity contribution in [2.45, 2.75) is 29.8 Å². The Morgan fingerprint density at radius 3 is 2.67 bits per heavy atom. The summed E-state index contributed by atoms with van der Waals surface area (Å²) in [4.78, 5) is 15.4. The van der Waals surface area contributed by atoms with Gasteiger partial charge in [-0.25, -0.2) is 4.79 Å². The maximum Gasteiger partial charge on any atom is 0.350 e. The summed E-state index contributed by atoms with van der Waals surface area (Å²) in [6.45, 7) is 1.40. The molecule has 0 aliphatic carbocycles. The van der Waals surface area contributed by atoms with Crippen molar-refractivity contribution in [3.8, 4) is 0 Å². The second-order valence-electron chi connectivity index (χ2n) is 4.20. The van der Waals surface area contributed by atoms with E-state index in [2.05, 4.69) is 4.98 Å². The zero-order valence-corrected chi connectivity index (χ0v) is 10.5. The Morgan fingerprint density at radius 1 is 1.50 bits per heavy atom. The lowest BCUT2D eigenvalue weighted by atomic mass is 10.1. The third-order valence-corrected chi connectivity index (χ3v) is 4.49. The Bertz CT molecular complexity index is 506. The van der Waals surface area contributed by atoms with Crippen LogP contribution < -0.4 is 11.4 Å². The van der Waals surface area contributed by atoms with E-state index in [1.807, 2.05) is 0 Å². The molecule has 100 valence electrons. The molecular weight excluding hydrogens is 258 g/mol. The summed E-state index contributed by atoms with van der Waals surface area (Å²) < 4.78 is 1.28. The van der Waals surface area contributed by atoms with Gasteiger partial charge in [0.2, 0.25) is 0 Å². The van der Waals surface area contributed by atoms with Crippen LogP contribution in [0.2, 0.25) is 0 Å². The quantitative estimate of drug-likeness (QED) is 0.515. The molecule has 18 heavy (non-hydrogen) atoms. The lowest BCUT2D eigenvalue weighted by molar-refractivity contribution is 0.00987. The van der Waals surface area contributed by atoms with Gasteiger partial charge in [-0.2, -0.15) is 4.98 Å². The maximum atomic E-state index is 11.8. The van der Waals surface area contributed by atoms with Crippen LogP contribution in [0.4, 0.5) is 5.82 Å². The molecule has 0 bridgehead atoms. The molecule has 1 aliphatic heterocycles. The normalized spacial score (nSPS) is 31.8. The van der Waals surface area contributed by atoms with Crippen molar-refractivity contribution in [3.63, 3.8) is 0 Å². The molecule has 4 atom stereocenters. The molecule has 5 N–H and O–H groups in total. The van der Waals surface area contributed by atoms with E-state index in [1.54, 1.807) is 6.92 Å². The molecule has 0 spiro atoms. The van der Waals surface area contributed by atoms with Crippen LogP contribution in [0.3, 0.4) is 0 Å². The predicted molar refractivity (Wildman–Crippen MR) is 67.2 cm³/mol. The van der Waals surface area contributed by atoms with Crippen molar-refractivity contribution in [3.05, 3.63) is 22.2 Å². The van der Waals surface area contributed by atoms with Crippen molar-refractivity contribution in [1.82, 2.24) is 9.55 Å². The van der Waals surface area contributed by atoms with Crippen LogP contribution in [0.25, 0.3) is 0 Å². The van der Waals surface area contributed by atoms with Gasteiger partial charge in [0.05, 0.1) is 18.0 Å². The second kappa shape index (κ2) is 4.88. The largest absolute Gasteiger partial charge is 0.395 e. The third-order valence-electron chi connectivity index (χ3n) is 2.94. The number of nitrogens with two attached hydrogens (primary N) is 1. The zero-order valence-electron chi connectivity index (χ0n) is 9.72. The average molecular weight is 273 g/mol. The minimum absolute atomic E-state index is 0.116. The van der Waals surface area contributed by atoms with Gasteiger partial charge in [0.25, 0.3) is 0 Å². The van der Waals surface area contributed by atoms with E-state index in [0.717, 1.165) is 11.8 Å². The summed E-state index contributed by atoms with van der Waals surface area (Å²) in [7, 11) is 0. The topological polar surface area (TPSA) is 122 Å². The molecule has 7 nitrogen and oxygen atoms in total. The standard InChI is InChI=1S/C10H15N3O4S/c1-4-2-6(11)12-10(17)13(4)9-8(16)7(15)5(3-14)18-9/h2,5,7-9,14-16H,3H2,1H3,(H2,11,12,17)/t5-,7+,8+,9+/m0/s1. The van der Waals surface area contributed by atoms with Gasteiger partial charge in [-0.05, 0) is 13.0 Å². The van der Waals surface area contributed by atoms with E-state index in [4.69, 9.17) is 10.8 Å². The molecule has 0 unspecified atom stereocenters. The summed E-state index contributed by atoms with van der Waals surface area (Å²) in [6.07, 6.45) is -2.21. The van der Waals surface area contributed by atoms with Crippen LogP contribution >= 0.6 is 11.8 Å². The van der Waals surface area contributed by atoms with E-state index in [0.29, 0.717) is 5.69 Å². The van der Waals surface area contributed by atoms with Gasteiger partial charge in [-0.3, -0.25) is 4.57 Å². The van der Waals surface area contributed by atoms with E-state index in [9.17, 15) is 15.0 Å². The van der Waals surface area contributed by atoms with Crippen LogP contribution in [0.5, 0.6) is 0 Å². The summed E-state index contributed by atoms with van der Waals surface area (Å²) in [5, 5.41) is 27.6. The van der Waals surface area contributed by atoms with Crippen molar-refractivity contribution in [2.75, 3.05) is 12.3 Å². The van der Waals surface area contributed by atoms with Crippen LogP contribution in [0, 0.1) is 6.92 Å². The number of aromatic nitrogens is 2. The molecule has 1 saturated heterocycles. The van der Waals surface area contributed by atoms with E-state index < -0.39 is 28.5 Å². The first kappa shape index (κ1) is 13.3. The van der Waals surface area contributed by atoms with Gasteiger partial charge in [0.15, 0.2) is 0 Å². The number of aliphatic hydroxyl groups excluding tert-OH is 3. The van der Waals surface area contributed by atoms with Crippen LogP contribution in [0.15, 0.2) is 10.9 Å². The Hall–Kier alpha value is -1.09. The number of aryl methyl sites for hydroxylation is 1. The summed E-state index contributed by atoms with van der Waals surface area (Å²) in [5.74, 6) is 0.116. The lowest BCUT2D eigenvalue weighted by Crippen LogP contribution is -2.37. The zero-order chi connectivity index (χ0) is 13.4. The smallest absolute Gasteiger partial charge is 0.350 e. The Labute approximate surface area is 107 Å². The molecule has 1 aromatic rings. The van der Waals surface area contributed by atoms with E-state index in [-0.39, 0.29) is 12.4 Å². The predicted octanol–water partition coefficient (Wildman–Crippen LogP) is -1.54. The van der Waals surface area contributed by atoms with Crippen molar-refractivity contribution in [1.29, 1.82) is 0 Å². The Balaban J connectivity index is 2.42. The first-order valence-corrected chi connectivity index (χ1v) is 6.38. The first-order chi connectivity index (χ1) is 8.45. The van der Waals surface area contributed by atoms with Crippen LogP contribution in [0.1, 0.15) is 11.1 Å². The number of nitrogens with zero attached hydrogens (tertiary/aromatic N) is 2. The fourth-order valence-electron chi connectivity index (χ4n) is 2.03. The molecule has 1 aromatic heterocycles. The minimum atomic E-state index is -1.13. The van der Waals surface area contributed by atoms with Gasteiger partial charge >= 0.3 is 5.69 Å². The number of aliphatic hydroxyl groups is 3. The number of nitrogen functional groups attached to an aromatic ring is 1. The number of hydrogen-bond donors (Lipinski definition) is 4. The summed E-state index contributed by atoms with van der Waals surface area (Å²) in [5.41, 5.74) is 5.44. The van der Waals surface area contributed by atoms with E-state index in [1.165, 1.54) is 10.6 Å². The third kappa shape index (κ3) is 2.12. The summed E-state index contributed by atoms with van der Waals surface area (Å²) >= 11 is 1.15. The van der Waals surface area contributed by atoms with Gasteiger partial charge < -0.3 is 21.1 Å². The van der Waals surface area contributed by atoms with Crippen molar-refractivity contribution >= 4 is 17.6 Å². The molecular formula is C10H15N3O4S. The van der Waals surface area contributed by atoms with Gasteiger partial charge in [0, 0.05) is 5.69 Å². The van der Waals surface area contributed by atoms with E-state index >= 15 is 0 Å². The minimum Gasteiger partial charge on any atom is -0.395 e. The first-order valence-electron chi connectivity index (χ1n) is 5.44. The number of hydrogen-bond acceptors (Lipinski definition) is 7. The Kier molecular flexibility index (Phi) is 3.62.